The predicted molar refractivity (Wildman–Crippen MR) is 48.1 cm³/mol. The molecule has 0 aromatic heterocycles. The normalized spacial score (nSPS) is 43.0. The van der Waals surface area contributed by atoms with E-state index in [-0.39, 0.29) is 0 Å². The first-order chi connectivity index (χ1) is 5.93. The van der Waals surface area contributed by atoms with Crippen LogP contribution in [0.4, 0.5) is 0 Å². The van der Waals surface area contributed by atoms with E-state index in [1.165, 1.54) is 39.3 Å². The van der Waals surface area contributed by atoms with E-state index in [0.29, 0.717) is 0 Å². The minimum absolute atomic E-state index is 0.871. The lowest BCUT2D eigenvalue weighted by Crippen LogP contribution is -2.56. The van der Waals surface area contributed by atoms with Crippen molar-refractivity contribution in [1.82, 2.24) is 15.5 Å². The van der Waals surface area contributed by atoms with E-state index in [0.717, 1.165) is 17.9 Å². The minimum Gasteiger partial charge on any atom is -0.316 e. The van der Waals surface area contributed by atoms with Crippen molar-refractivity contribution in [3.63, 3.8) is 0 Å². The first kappa shape index (κ1) is 7.30. The molecular formula is C9H17N3. The molecule has 3 heterocycles. The Morgan fingerprint density at radius 2 is 1.42 bits per heavy atom. The molecule has 0 saturated carbocycles. The number of fused-ring (bicyclic) bond motifs is 1. The molecule has 3 saturated heterocycles. The first-order valence-electron chi connectivity index (χ1n) is 5.09. The van der Waals surface area contributed by atoms with Crippen molar-refractivity contribution in [2.75, 3.05) is 39.3 Å². The molecule has 0 spiro atoms. The van der Waals surface area contributed by atoms with Gasteiger partial charge in [-0.05, 0) is 24.9 Å². The van der Waals surface area contributed by atoms with Gasteiger partial charge in [-0.25, -0.2) is 0 Å². The summed E-state index contributed by atoms with van der Waals surface area (Å²) in [5, 5.41) is 6.82. The fourth-order valence-electron chi connectivity index (χ4n) is 2.72. The molecule has 12 heavy (non-hydrogen) atoms. The van der Waals surface area contributed by atoms with Gasteiger partial charge < -0.3 is 10.6 Å². The van der Waals surface area contributed by atoms with Gasteiger partial charge in [0.25, 0.3) is 0 Å². The molecule has 2 N–H and O–H groups in total. The standard InChI is InChI=1S/C9H17N3/c1-7-5-12(9-3-11-4-9)6-8(7)2-10-1/h7-11H,1-6H2. The largest absolute Gasteiger partial charge is 0.316 e. The number of hydrogen-bond donors (Lipinski definition) is 2. The molecule has 68 valence electrons. The van der Waals surface area contributed by atoms with E-state index in [1.807, 2.05) is 0 Å². The van der Waals surface area contributed by atoms with Gasteiger partial charge in [0, 0.05) is 32.2 Å². The van der Waals surface area contributed by atoms with Gasteiger partial charge in [0.2, 0.25) is 0 Å². The molecule has 3 fully saturated rings. The third-order valence-electron chi connectivity index (χ3n) is 3.69. The smallest absolute Gasteiger partial charge is 0.0345 e. The van der Waals surface area contributed by atoms with Gasteiger partial charge >= 0.3 is 0 Å². The predicted octanol–water partition coefficient (Wildman–Crippen LogP) is -0.891. The number of hydrogen-bond acceptors (Lipinski definition) is 3. The summed E-state index contributed by atoms with van der Waals surface area (Å²) in [7, 11) is 0. The van der Waals surface area contributed by atoms with Gasteiger partial charge in [-0.15, -0.1) is 0 Å². The van der Waals surface area contributed by atoms with Crippen molar-refractivity contribution >= 4 is 0 Å². The highest BCUT2D eigenvalue weighted by atomic mass is 15.3. The molecule has 2 unspecified atom stereocenters. The van der Waals surface area contributed by atoms with Crippen LogP contribution in [0, 0.1) is 11.8 Å². The minimum atomic E-state index is 0.871. The average molecular weight is 167 g/mol. The maximum absolute atomic E-state index is 3.48. The molecule has 3 aliphatic heterocycles. The van der Waals surface area contributed by atoms with E-state index >= 15 is 0 Å². The Kier molecular flexibility index (Phi) is 1.63. The van der Waals surface area contributed by atoms with Crippen LogP contribution in [0.1, 0.15) is 0 Å². The summed E-state index contributed by atoms with van der Waals surface area (Å²) in [6, 6.07) is 0.871. The number of likely N-dealkylation sites (tertiary alicyclic amines) is 1. The number of rotatable bonds is 1. The Bertz CT molecular complexity index is 167. The van der Waals surface area contributed by atoms with E-state index in [1.54, 1.807) is 0 Å². The van der Waals surface area contributed by atoms with Gasteiger partial charge in [0.15, 0.2) is 0 Å². The fraction of sp³-hybridized carbons (Fsp3) is 1.00. The Balaban J connectivity index is 1.63. The first-order valence-corrected chi connectivity index (χ1v) is 5.09. The van der Waals surface area contributed by atoms with E-state index in [4.69, 9.17) is 0 Å². The average Bonchev–Trinajstić information content (AvgIpc) is 2.40. The fourth-order valence-corrected chi connectivity index (χ4v) is 2.72. The van der Waals surface area contributed by atoms with Crippen LogP contribution in [-0.2, 0) is 0 Å². The van der Waals surface area contributed by atoms with Crippen LogP contribution in [0.2, 0.25) is 0 Å². The van der Waals surface area contributed by atoms with Crippen molar-refractivity contribution in [2.45, 2.75) is 6.04 Å². The van der Waals surface area contributed by atoms with Crippen LogP contribution >= 0.6 is 0 Å². The molecule has 2 atom stereocenters. The van der Waals surface area contributed by atoms with E-state index < -0.39 is 0 Å². The maximum Gasteiger partial charge on any atom is 0.0345 e. The van der Waals surface area contributed by atoms with E-state index in [9.17, 15) is 0 Å². The van der Waals surface area contributed by atoms with Crippen molar-refractivity contribution in [1.29, 1.82) is 0 Å². The summed E-state index contributed by atoms with van der Waals surface area (Å²) in [4.78, 5) is 2.69. The Morgan fingerprint density at radius 1 is 0.833 bits per heavy atom. The van der Waals surface area contributed by atoms with Crippen LogP contribution in [-0.4, -0.2) is 50.2 Å². The van der Waals surface area contributed by atoms with Crippen LogP contribution in [0.15, 0.2) is 0 Å². The lowest BCUT2D eigenvalue weighted by molar-refractivity contribution is 0.168. The molecule has 0 radical (unpaired) electrons. The monoisotopic (exact) mass is 167 g/mol. The molecule has 3 rings (SSSR count). The van der Waals surface area contributed by atoms with Gasteiger partial charge in [-0.3, -0.25) is 4.90 Å². The molecule has 3 aliphatic rings. The molecule has 3 heteroatoms. The highest BCUT2D eigenvalue weighted by Crippen LogP contribution is 2.28. The van der Waals surface area contributed by atoms with Gasteiger partial charge in [-0.1, -0.05) is 0 Å². The maximum atomic E-state index is 3.48. The second kappa shape index (κ2) is 2.69. The number of nitrogens with zero attached hydrogens (tertiary/aromatic N) is 1. The molecule has 0 aliphatic carbocycles. The van der Waals surface area contributed by atoms with Crippen LogP contribution in [0.3, 0.4) is 0 Å². The lowest BCUT2D eigenvalue weighted by Gasteiger charge is -2.36. The van der Waals surface area contributed by atoms with Gasteiger partial charge in [0.05, 0.1) is 0 Å². The zero-order chi connectivity index (χ0) is 7.97. The molecule has 0 aromatic carbocycles. The molecule has 0 aromatic rings. The molecule has 0 amide bonds. The quantitative estimate of drug-likeness (QED) is 0.530. The molecule has 3 nitrogen and oxygen atoms in total. The van der Waals surface area contributed by atoms with Crippen molar-refractivity contribution < 1.29 is 0 Å². The van der Waals surface area contributed by atoms with E-state index in [2.05, 4.69) is 15.5 Å². The van der Waals surface area contributed by atoms with Gasteiger partial charge in [0.1, 0.15) is 0 Å². The lowest BCUT2D eigenvalue weighted by atomic mass is 10.0. The topological polar surface area (TPSA) is 27.3 Å². The summed E-state index contributed by atoms with van der Waals surface area (Å²) in [5.41, 5.74) is 0. The Labute approximate surface area is 73.5 Å². The van der Waals surface area contributed by atoms with Crippen LogP contribution in [0.5, 0.6) is 0 Å². The van der Waals surface area contributed by atoms with Crippen molar-refractivity contribution in [2.24, 2.45) is 11.8 Å². The van der Waals surface area contributed by atoms with Crippen molar-refractivity contribution in [3.8, 4) is 0 Å². The number of nitrogens with one attached hydrogen (secondary N) is 2. The highest BCUT2D eigenvalue weighted by Gasteiger charge is 2.39. The summed E-state index contributed by atoms with van der Waals surface area (Å²) < 4.78 is 0. The Morgan fingerprint density at radius 3 is 1.92 bits per heavy atom. The summed E-state index contributed by atoms with van der Waals surface area (Å²) >= 11 is 0. The second-order valence-corrected chi connectivity index (χ2v) is 4.44. The molecular weight excluding hydrogens is 150 g/mol. The van der Waals surface area contributed by atoms with Crippen molar-refractivity contribution in [3.05, 3.63) is 0 Å². The van der Waals surface area contributed by atoms with Crippen LogP contribution in [0.25, 0.3) is 0 Å². The third-order valence-corrected chi connectivity index (χ3v) is 3.69. The molecule has 0 bridgehead atoms. The zero-order valence-electron chi connectivity index (χ0n) is 7.42. The van der Waals surface area contributed by atoms with Gasteiger partial charge in [-0.2, -0.15) is 0 Å². The zero-order valence-corrected chi connectivity index (χ0v) is 7.42. The SMILES string of the molecule is C1NCC2CN(C3CNC3)CC12. The van der Waals surface area contributed by atoms with Crippen LogP contribution < -0.4 is 10.6 Å². The second-order valence-electron chi connectivity index (χ2n) is 4.44. The summed E-state index contributed by atoms with van der Waals surface area (Å²) in [6.45, 7) is 7.69. The third kappa shape index (κ3) is 1.00. The highest BCUT2D eigenvalue weighted by molar-refractivity contribution is 4.96. The summed E-state index contributed by atoms with van der Waals surface area (Å²) in [6.07, 6.45) is 0. The summed E-state index contributed by atoms with van der Waals surface area (Å²) in [5.74, 6) is 1.93. The Hall–Kier alpha value is -0.120.